The average Bonchev–Trinajstić information content (AvgIpc) is 2.79. The Morgan fingerprint density at radius 3 is 2.31 bits per heavy atom. The molecule has 1 N–H and O–H groups in total. The third-order valence-corrected chi connectivity index (χ3v) is 7.08. The van der Waals surface area contributed by atoms with Crippen LogP contribution in [0, 0.1) is 0 Å². The first kappa shape index (κ1) is 29.5. The molecule has 2 aromatic carbocycles. The molecule has 0 saturated heterocycles. The van der Waals surface area contributed by atoms with Crippen LogP contribution in [0.4, 0.5) is 0 Å². The van der Waals surface area contributed by atoms with E-state index in [0.29, 0.717) is 34.3 Å². The topological polar surface area (TPSA) is 58.6 Å². The van der Waals surface area contributed by atoms with Gasteiger partial charge in [0.1, 0.15) is 11.8 Å². The number of ether oxygens (including phenoxy) is 1. The minimum absolute atomic E-state index is 0.0125. The van der Waals surface area contributed by atoms with Gasteiger partial charge in [-0.15, -0.1) is 0 Å². The van der Waals surface area contributed by atoms with E-state index in [1.807, 2.05) is 25.1 Å². The zero-order valence-electron chi connectivity index (χ0n) is 21.1. The summed E-state index contributed by atoms with van der Waals surface area (Å²) in [5.41, 5.74) is 1.73. The van der Waals surface area contributed by atoms with Crippen molar-refractivity contribution in [1.82, 2.24) is 10.2 Å². The van der Waals surface area contributed by atoms with E-state index in [-0.39, 0.29) is 30.4 Å². The van der Waals surface area contributed by atoms with Crippen molar-refractivity contribution in [2.75, 3.05) is 13.2 Å². The Morgan fingerprint density at radius 2 is 1.77 bits per heavy atom. The maximum atomic E-state index is 13.4. The van der Waals surface area contributed by atoms with E-state index in [1.54, 1.807) is 18.2 Å². The van der Waals surface area contributed by atoms with Gasteiger partial charge in [-0.3, -0.25) is 9.59 Å². The molecule has 0 heterocycles. The molecule has 0 radical (unpaired) electrons. The van der Waals surface area contributed by atoms with Crippen LogP contribution < -0.4 is 10.1 Å². The van der Waals surface area contributed by atoms with Gasteiger partial charge in [-0.2, -0.15) is 0 Å². The number of nitrogens with zero attached hydrogens (tertiary/aromatic N) is 1. The molecule has 192 valence electrons. The van der Waals surface area contributed by atoms with Crippen molar-refractivity contribution in [1.29, 1.82) is 0 Å². The van der Waals surface area contributed by atoms with E-state index < -0.39 is 6.04 Å². The van der Waals surface area contributed by atoms with Crippen molar-refractivity contribution in [3.63, 3.8) is 0 Å². The minimum Gasteiger partial charge on any atom is -0.483 e. The number of hydrogen-bond acceptors (Lipinski definition) is 3. The van der Waals surface area contributed by atoms with Gasteiger partial charge in [0.25, 0.3) is 5.91 Å². The zero-order valence-corrected chi connectivity index (χ0v) is 24.2. The number of benzene rings is 2. The molecule has 1 atom stereocenters. The quantitative estimate of drug-likeness (QED) is 0.285. The fourth-order valence-electron chi connectivity index (χ4n) is 3.59. The number of unbranched alkanes of at least 4 members (excludes halogenated alkanes) is 1. The van der Waals surface area contributed by atoms with Crippen molar-refractivity contribution in [3.05, 3.63) is 62.0 Å². The van der Waals surface area contributed by atoms with Crippen LogP contribution in [0.3, 0.4) is 0 Å². The highest BCUT2D eigenvalue weighted by Gasteiger charge is 2.30. The first-order valence-electron chi connectivity index (χ1n) is 11.9. The third-order valence-electron chi connectivity index (χ3n) is 5.75. The Balaban J connectivity index is 2.27. The predicted octanol–water partition coefficient (Wildman–Crippen LogP) is 7.16. The highest BCUT2D eigenvalue weighted by molar-refractivity contribution is 9.10. The number of carbonyl (C=O) groups excluding carboxylic acids is 2. The van der Waals surface area contributed by atoms with Crippen molar-refractivity contribution in [3.8, 4) is 5.75 Å². The molecule has 2 rings (SSSR count). The molecule has 0 saturated carbocycles. The van der Waals surface area contributed by atoms with Crippen LogP contribution in [-0.2, 0) is 21.5 Å². The number of amides is 2. The lowest BCUT2D eigenvalue weighted by Gasteiger charge is -2.31. The Hall–Kier alpha value is -1.76. The third kappa shape index (κ3) is 8.40. The molecule has 0 unspecified atom stereocenters. The van der Waals surface area contributed by atoms with E-state index in [4.69, 9.17) is 27.9 Å². The van der Waals surface area contributed by atoms with Crippen molar-refractivity contribution in [2.24, 2.45) is 0 Å². The molecular weight excluding hydrogens is 551 g/mol. The summed E-state index contributed by atoms with van der Waals surface area (Å²) < 4.78 is 6.65. The van der Waals surface area contributed by atoms with Crippen molar-refractivity contribution < 1.29 is 14.3 Å². The molecule has 35 heavy (non-hydrogen) atoms. The monoisotopic (exact) mass is 584 g/mol. The Labute approximate surface area is 227 Å². The Kier molecular flexibility index (Phi) is 11.4. The second-order valence-electron chi connectivity index (χ2n) is 9.47. The van der Waals surface area contributed by atoms with Crippen molar-refractivity contribution >= 4 is 50.9 Å². The number of hydrogen-bond donors (Lipinski definition) is 1. The average molecular weight is 586 g/mol. The standard InChI is InChI=1S/C27H35BrCl2N2O3/c1-6-8-14-31-26(34)23(7-2)32(16-19-21(29)10-9-11-22(19)30)25(33)17-35-24-13-12-18(15-20(24)28)27(3,4)5/h9-13,15,23H,6-8,14,16-17H2,1-5H3,(H,31,34)/t23-/m1/s1. The zero-order chi connectivity index (χ0) is 26.2. The van der Waals surface area contributed by atoms with Gasteiger partial charge in [0.15, 0.2) is 6.61 Å². The first-order valence-corrected chi connectivity index (χ1v) is 13.5. The highest BCUT2D eigenvalue weighted by Crippen LogP contribution is 2.32. The second kappa shape index (κ2) is 13.5. The number of nitrogens with one attached hydrogen (secondary N) is 1. The molecule has 2 amide bonds. The lowest BCUT2D eigenvalue weighted by atomic mass is 9.87. The molecule has 0 aliphatic carbocycles. The summed E-state index contributed by atoms with van der Waals surface area (Å²) >= 11 is 16.3. The van der Waals surface area contributed by atoms with Gasteiger partial charge in [0.2, 0.25) is 5.91 Å². The minimum atomic E-state index is -0.679. The van der Waals surface area contributed by atoms with E-state index in [2.05, 4.69) is 48.9 Å². The summed E-state index contributed by atoms with van der Waals surface area (Å²) in [5, 5.41) is 3.83. The molecule has 0 aromatic heterocycles. The fraction of sp³-hybridized carbons (Fsp3) is 0.481. The molecule has 0 bridgehead atoms. The summed E-state index contributed by atoms with van der Waals surface area (Å²) in [7, 11) is 0. The fourth-order valence-corrected chi connectivity index (χ4v) is 4.60. The van der Waals surface area contributed by atoms with E-state index in [1.165, 1.54) is 4.90 Å². The second-order valence-corrected chi connectivity index (χ2v) is 11.1. The highest BCUT2D eigenvalue weighted by atomic mass is 79.9. The first-order chi connectivity index (χ1) is 16.5. The van der Waals surface area contributed by atoms with Gasteiger partial charge in [-0.1, -0.05) is 76.4 Å². The number of carbonyl (C=O) groups is 2. The van der Waals surface area contributed by atoms with Crippen LogP contribution in [0.25, 0.3) is 0 Å². The van der Waals surface area contributed by atoms with E-state index >= 15 is 0 Å². The number of rotatable bonds is 11. The van der Waals surface area contributed by atoms with E-state index in [9.17, 15) is 9.59 Å². The predicted molar refractivity (Wildman–Crippen MR) is 147 cm³/mol. The maximum absolute atomic E-state index is 13.4. The van der Waals surface area contributed by atoms with Gasteiger partial charge in [0.05, 0.1) is 4.47 Å². The van der Waals surface area contributed by atoms with Crippen molar-refractivity contribution in [2.45, 2.75) is 71.9 Å². The largest absolute Gasteiger partial charge is 0.483 e. The summed E-state index contributed by atoms with van der Waals surface area (Å²) in [6, 6.07) is 10.3. The normalized spacial score (nSPS) is 12.2. The van der Waals surface area contributed by atoms with Gasteiger partial charge in [0, 0.05) is 28.7 Å². The lowest BCUT2D eigenvalue weighted by Crippen LogP contribution is -2.50. The van der Waals surface area contributed by atoms with Gasteiger partial charge < -0.3 is 15.0 Å². The van der Waals surface area contributed by atoms with Gasteiger partial charge >= 0.3 is 0 Å². The van der Waals surface area contributed by atoms with Gasteiger partial charge in [-0.25, -0.2) is 0 Å². The molecule has 2 aromatic rings. The van der Waals surface area contributed by atoms with Crippen LogP contribution in [0.5, 0.6) is 5.75 Å². The Bertz CT molecular complexity index is 1000. The molecule has 0 spiro atoms. The van der Waals surface area contributed by atoms with Crippen LogP contribution in [0.1, 0.15) is 65.0 Å². The van der Waals surface area contributed by atoms with Crippen LogP contribution >= 0.6 is 39.1 Å². The van der Waals surface area contributed by atoms with Crippen LogP contribution in [-0.4, -0.2) is 35.9 Å². The molecule has 5 nitrogen and oxygen atoms in total. The van der Waals surface area contributed by atoms with E-state index in [0.717, 1.165) is 22.9 Å². The Morgan fingerprint density at radius 1 is 1.11 bits per heavy atom. The number of halogens is 3. The molecule has 8 heteroatoms. The summed E-state index contributed by atoms with van der Waals surface area (Å²) in [6.45, 7) is 10.8. The summed E-state index contributed by atoms with van der Waals surface area (Å²) in [4.78, 5) is 27.9. The smallest absolute Gasteiger partial charge is 0.261 e. The molecule has 0 aliphatic rings. The van der Waals surface area contributed by atoms with Crippen LogP contribution in [0.2, 0.25) is 10.0 Å². The molecule has 0 fully saturated rings. The molecule has 0 aliphatic heterocycles. The van der Waals surface area contributed by atoms with Crippen LogP contribution in [0.15, 0.2) is 40.9 Å². The SMILES string of the molecule is CCCCNC(=O)[C@@H](CC)N(Cc1c(Cl)cccc1Cl)C(=O)COc1ccc(C(C)(C)C)cc1Br. The lowest BCUT2D eigenvalue weighted by molar-refractivity contribution is -0.143. The molecular formula is C27H35BrCl2N2O3. The maximum Gasteiger partial charge on any atom is 0.261 e. The summed E-state index contributed by atoms with van der Waals surface area (Å²) in [6.07, 6.45) is 2.27. The van der Waals surface area contributed by atoms with Gasteiger partial charge in [-0.05, 0) is 64.0 Å². The summed E-state index contributed by atoms with van der Waals surface area (Å²) in [5.74, 6) is 0.0287.